The lowest BCUT2D eigenvalue weighted by Crippen LogP contribution is -2.20. The third kappa shape index (κ3) is 4.96. The van der Waals surface area contributed by atoms with E-state index in [9.17, 15) is 18.0 Å². The van der Waals surface area contributed by atoms with Crippen LogP contribution < -0.4 is 20.9 Å². The van der Waals surface area contributed by atoms with Gasteiger partial charge in [0.2, 0.25) is 0 Å². The van der Waals surface area contributed by atoms with Crippen LogP contribution >= 0.6 is 0 Å². The summed E-state index contributed by atoms with van der Waals surface area (Å²) in [5.41, 5.74) is 0.657. The molecule has 0 fully saturated rings. The summed E-state index contributed by atoms with van der Waals surface area (Å²) in [6.07, 6.45) is 0. The van der Waals surface area contributed by atoms with Gasteiger partial charge in [0.05, 0.1) is 5.69 Å². The molecule has 2 amide bonds. The number of hydrogen-bond donors (Lipinski definition) is 3. The van der Waals surface area contributed by atoms with Gasteiger partial charge in [-0.1, -0.05) is 0 Å². The SMILES string of the molecule is Cc1nc(Nc2ccc(NC(=O)Nc3ccc(F)c(F)c3F)cc2)cc(N(C)C)n1. The van der Waals surface area contributed by atoms with Crippen LogP contribution in [0.5, 0.6) is 0 Å². The van der Waals surface area contributed by atoms with Crippen LogP contribution in [0.3, 0.4) is 0 Å². The predicted molar refractivity (Wildman–Crippen MR) is 110 cm³/mol. The van der Waals surface area contributed by atoms with Crippen molar-refractivity contribution in [3.8, 4) is 0 Å². The minimum absolute atomic E-state index is 0.411. The van der Waals surface area contributed by atoms with Crippen molar-refractivity contribution >= 4 is 34.7 Å². The Morgan fingerprint density at radius 2 is 1.57 bits per heavy atom. The Kier molecular flexibility index (Phi) is 6.05. The van der Waals surface area contributed by atoms with E-state index in [2.05, 4.69) is 25.9 Å². The number of benzene rings is 2. The van der Waals surface area contributed by atoms with E-state index in [4.69, 9.17) is 0 Å². The molecule has 2 aromatic carbocycles. The van der Waals surface area contributed by atoms with E-state index in [1.807, 2.05) is 19.0 Å². The van der Waals surface area contributed by atoms with Crippen molar-refractivity contribution in [1.29, 1.82) is 0 Å². The fourth-order valence-corrected chi connectivity index (χ4v) is 2.54. The van der Waals surface area contributed by atoms with Crippen LogP contribution in [-0.4, -0.2) is 30.1 Å². The maximum atomic E-state index is 13.6. The second-order valence-corrected chi connectivity index (χ2v) is 6.56. The zero-order valence-corrected chi connectivity index (χ0v) is 16.4. The van der Waals surface area contributed by atoms with Gasteiger partial charge in [-0.2, -0.15) is 0 Å². The van der Waals surface area contributed by atoms with Gasteiger partial charge in [-0.15, -0.1) is 0 Å². The van der Waals surface area contributed by atoms with E-state index in [0.717, 1.165) is 23.6 Å². The molecular weight excluding hydrogens is 397 g/mol. The van der Waals surface area contributed by atoms with Crippen molar-refractivity contribution in [3.05, 3.63) is 65.7 Å². The molecule has 3 rings (SSSR count). The Bertz CT molecular complexity index is 1070. The fourth-order valence-electron chi connectivity index (χ4n) is 2.54. The largest absolute Gasteiger partial charge is 0.363 e. The van der Waals surface area contributed by atoms with Gasteiger partial charge in [0, 0.05) is 31.5 Å². The molecule has 1 aromatic heterocycles. The summed E-state index contributed by atoms with van der Waals surface area (Å²) in [7, 11) is 3.76. The smallest absolute Gasteiger partial charge is 0.323 e. The zero-order chi connectivity index (χ0) is 21.8. The Morgan fingerprint density at radius 3 is 2.23 bits per heavy atom. The Labute approximate surface area is 171 Å². The van der Waals surface area contributed by atoms with Crippen LogP contribution in [0.2, 0.25) is 0 Å². The first kappa shape index (κ1) is 20.9. The Balaban J connectivity index is 1.65. The average molecular weight is 416 g/mol. The van der Waals surface area contributed by atoms with Gasteiger partial charge in [-0.25, -0.2) is 27.9 Å². The van der Waals surface area contributed by atoms with Crippen molar-refractivity contribution in [2.45, 2.75) is 6.92 Å². The first-order valence-electron chi connectivity index (χ1n) is 8.84. The number of halogens is 3. The van der Waals surface area contributed by atoms with E-state index in [1.54, 1.807) is 37.3 Å². The molecule has 0 saturated carbocycles. The van der Waals surface area contributed by atoms with Crippen LogP contribution in [0.15, 0.2) is 42.5 Å². The lowest BCUT2D eigenvalue weighted by Gasteiger charge is -2.14. The lowest BCUT2D eigenvalue weighted by molar-refractivity contribution is 0.262. The maximum Gasteiger partial charge on any atom is 0.323 e. The number of aryl methyl sites for hydroxylation is 1. The van der Waals surface area contributed by atoms with Gasteiger partial charge < -0.3 is 20.9 Å². The fraction of sp³-hybridized carbons (Fsp3) is 0.150. The monoisotopic (exact) mass is 416 g/mol. The molecule has 0 aliphatic rings. The summed E-state index contributed by atoms with van der Waals surface area (Å²) in [5.74, 6) is -2.48. The third-order valence-corrected chi connectivity index (χ3v) is 3.98. The second-order valence-electron chi connectivity index (χ2n) is 6.56. The highest BCUT2D eigenvalue weighted by molar-refractivity contribution is 5.99. The molecule has 0 bridgehead atoms. The molecule has 156 valence electrons. The van der Waals surface area contributed by atoms with E-state index in [-0.39, 0.29) is 0 Å². The van der Waals surface area contributed by atoms with Crippen molar-refractivity contribution in [2.75, 3.05) is 34.9 Å². The number of nitrogens with one attached hydrogen (secondary N) is 3. The summed E-state index contributed by atoms with van der Waals surface area (Å²) < 4.78 is 39.9. The highest BCUT2D eigenvalue weighted by Crippen LogP contribution is 2.22. The summed E-state index contributed by atoms with van der Waals surface area (Å²) in [5, 5.41) is 7.76. The first-order valence-corrected chi connectivity index (χ1v) is 8.84. The highest BCUT2D eigenvalue weighted by Gasteiger charge is 2.15. The Morgan fingerprint density at radius 1 is 0.900 bits per heavy atom. The number of urea groups is 1. The van der Waals surface area contributed by atoms with Gasteiger partial charge in [-0.3, -0.25) is 0 Å². The molecule has 0 unspecified atom stereocenters. The molecule has 0 aliphatic heterocycles. The molecule has 0 saturated heterocycles. The van der Waals surface area contributed by atoms with E-state index < -0.39 is 29.2 Å². The molecule has 0 aliphatic carbocycles. The summed E-state index contributed by atoms with van der Waals surface area (Å²) >= 11 is 0. The van der Waals surface area contributed by atoms with Crippen LogP contribution in [0.25, 0.3) is 0 Å². The van der Waals surface area contributed by atoms with E-state index in [1.165, 1.54) is 0 Å². The molecule has 0 spiro atoms. The van der Waals surface area contributed by atoms with Crippen molar-refractivity contribution in [2.24, 2.45) is 0 Å². The molecular formula is C20H19F3N6O. The standard InChI is InChI=1S/C20H19F3N6O/c1-11-24-16(10-17(25-11)29(2)3)26-12-4-6-13(7-5-12)27-20(30)28-15-9-8-14(21)18(22)19(15)23/h4-10H,1-3H3,(H,24,25,26)(H2,27,28,30). The molecule has 0 radical (unpaired) electrons. The normalized spacial score (nSPS) is 10.5. The van der Waals surface area contributed by atoms with Gasteiger partial charge in [0.1, 0.15) is 17.5 Å². The molecule has 3 N–H and O–H groups in total. The summed E-state index contributed by atoms with van der Waals surface area (Å²) in [6, 6.07) is 9.30. The molecule has 7 nitrogen and oxygen atoms in total. The zero-order valence-electron chi connectivity index (χ0n) is 16.4. The topological polar surface area (TPSA) is 82.2 Å². The minimum Gasteiger partial charge on any atom is -0.363 e. The second kappa shape index (κ2) is 8.68. The van der Waals surface area contributed by atoms with Gasteiger partial charge in [0.25, 0.3) is 0 Å². The first-order chi connectivity index (χ1) is 14.2. The van der Waals surface area contributed by atoms with E-state index in [0.29, 0.717) is 17.3 Å². The molecule has 1 heterocycles. The lowest BCUT2D eigenvalue weighted by atomic mass is 10.2. The number of hydrogen-bond acceptors (Lipinski definition) is 5. The maximum absolute atomic E-state index is 13.6. The third-order valence-electron chi connectivity index (χ3n) is 3.98. The number of aromatic nitrogens is 2. The van der Waals surface area contributed by atoms with Gasteiger partial charge in [-0.05, 0) is 43.3 Å². The summed E-state index contributed by atoms with van der Waals surface area (Å²) in [6.45, 7) is 1.79. The summed E-state index contributed by atoms with van der Waals surface area (Å²) in [4.78, 5) is 22.5. The number of carbonyl (C=O) groups is 1. The van der Waals surface area contributed by atoms with Crippen LogP contribution in [0.4, 0.5) is 46.7 Å². The minimum atomic E-state index is -1.65. The van der Waals surface area contributed by atoms with Crippen molar-refractivity contribution in [3.63, 3.8) is 0 Å². The molecule has 3 aromatic rings. The Hall–Kier alpha value is -3.82. The molecule has 10 heteroatoms. The van der Waals surface area contributed by atoms with Crippen LogP contribution in [0, 0.1) is 24.4 Å². The number of anilines is 5. The van der Waals surface area contributed by atoms with Crippen LogP contribution in [0.1, 0.15) is 5.82 Å². The molecule has 0 atom stereocenters. The number of amides is 2. The predicted octanol–water partition coefficient (Wildman–Crippen LogP) is 4.66. The van der Waals surface area contributed by atoms with E-state index >= 15 is 0 Å². The van der Waals surface area contributed by atoms with Crippen molar-refractivity contribution in [1.82, 2.24) is 9.97 Å². The van der Waals surface area contributed by atoms with Gasteiger partial charge in [0.15, 0.2) is 17.5 Å². The average Bonchev–Trinajstić information content (AvgIpc) is 2.69. The number of carbonyl (C=O) groups excluding carboxylic acids is 1. The molecule has 30 heavy (non-hydrogen) atoms. The number of rotatable bonds is 5. The van der Waals surface area contributed by atoms with Crippen LogP contribution in [-0.2, 0) is 0 Å². The van der Waals surface area contributed by atoms with Crippen molar-refractivity contribution < 1.29 is 18.0 Å². The quantitative estimate of drug-likeness (QED) is 0.527. The highest BCUT2D eigenvalue weighted by atomic mass is 19.2. The number of nitrogens with zero attached hydrogens (tertiary/aromatic N) is 3. The van der Waals surface area contributed by atoms with Gasteiger partial charge >= 0.3 is 6.03 Å².